The lowest BCUT2D eigenvalue weighted by Gasteiger charge is -2.10. The second kappa shape index (κ2) is 13.1. The molecule has 3 rings (SSSR count). The molecular weight excluding hydrogens is 400 g/mol. The van der Waals surface area contributed by atoms with Crippen LogP contribution in [0.15, 0.2) is 78.9 Å². The van der Waals surface area contributed by atoms with Gasteiger partial charge in [0.1, 0.15) is 11.5 Å². The van der Waals surface area contributed by atoms with E-state index in [0.29, 0.717) is 6.61 Å². The van der Waals surface area contributed by atoms with E-state index in [0.717, 1.165) is 55.2 Å². The number of ether oxygens (including phenoxy) is 2. The van der Waals surface area contributed by atoms with Crippen molar-refractivity contribution in [1.29, 1.82) is 0 Å². The summed E-state index contributed by atoms with van der Waals surface area (Å²) in [4.78, 5) is 12.2. The van der Waals surface area contributed by atoms with Gasteiger partial charge in [-0.25, -0.2) is 0 Å². The molecule has 2 N–H and O–H groups in total. The van der Waals surface area contributed by atoms with Crippen molar-refractivity contribution in [2.24, 2.45) is 0 Å². The number of aryl methyl sites for hydroxylation is 1. The zero-order valence-corrected chi connectivity index (χ0v) is 18.7. The summed E-state index contributed by atoms with van der Waals surface area (Å²) in [5.41, 5.74) is 2.94. The molecule has 0 atom stereocenters. The molecule has 0 aliphatic heterocycles. The van der Waals surface area contributed by atoms with Gasteiger partial charge in [0.2, 0.25) is 5.91 Å². The monoisotopic (exact) mass is 432 g/mol. The standard InChI is InChI=1S/C27H32N2O3/c1-2-3-19-31-25-15-11-23(12-16-25)28-21-27(30)29-24-13-17-26(18-14-24)32-20-7-10-22-8-5-4-6-9-22/h4-6,8-9,11-18,28H,2-3,7,10,19-21H2,1H3,(H,29,30). The molecule has 0 saturated heterocycles. The van der Waals surface area contributed by atoms with Crippen molar-refractivity contribution in [3.8, 4) is 11.5 Å². The van der Waals surface area contributed by atoms with Crippen molar-refractivity contribution < 1.29 is 14.3 Å². The second-order valence-electron chi connectivity index (χ2n) is 7.59. The fraction of sp³-hybridized carbons (Fsp3) is 0.296. The predicted octanol–water partition coefficient (Wildman–Crippen LogP) is 5.93. The Labute approximate surface area is 190 Å². The third-order valence-electron chi connectivity index (χ3n) is 4.93. The first kappa shape index (κ1) is 23.2. The van der Waals surface area contributed by atoms with Gasteiger partial charge in [0.25, 0.3) is 0 Å². The molecule has 168 valence electrons. The molecule has 0 unspecified atom stereocenters. The van der Waals surface area contributed by atoms with E-state index in [2.05, 4.69) is 41.8 Å². The Hall–Kier alpha value is -3.47. The highest BCUT2D eigenvalue weighted by atomic mass is 16.5. The first-order valence-corrected chi connectivity index (χ1v) is 11.3. The Bertz CT molecular complexity index is 925. The van der Waals surface area contributed by atoms with Gasteiger partial charge in [-0.05, 0) is 73.4 Å². The minimum Gasteiger partial charge on any atom is -0.494 e. The average Bonchev–Trinajstić information content (AvgIpc) is 2.83. The molecule has 0 radical (unpaired) electrons. The van der Waals surface area contributed by atoms with Crippen LogP contribution in [0.3, 0.4) is 0 Å². The lowest BCUT2D eigenvalue weighted by molar-refractivity contribution is -0.114. The van der Waals surface area contributed by atoms with Crippen LogP contribution >= 0.6 is 0 Å². The van der Waals surface area contributed by atoms with Crippen LogP contribution < -0.4 is 20.1 Å². The van der Waals surface area contributed by atoms with Crippen molar-refractivity contribution >= 4 is 17.3 Å². The Balaban J connectivity index is 1.34. The quantitative estimate of drug-likeness (QED) is 0.329. The van der Waals surface area contributed by atoms with E-state index < -0.39 is 0 Å². The smallest absolute Gasteiger partial charge is 0.243 e. The Morgan fingerprint density at radius 1 is 0.750 bits per heavy atom. The minimum atomic E-state index is -0.107. The molecule has 1 amide bonds. The first-order valence-electron chi connectivity index (χ1n) is 11.3. The number of carbonyl (C=O) groups is 1. The van der Waals surface area contributed by atoms with Gasteiger partial charge in [0.15, 0.2) is 0 Å². The second-order valence-corrected chi connectivity index (χ2v) is 7.59. The number of anilines is 2. The summed E-state index contributed by atoms with van der Waals surface area (Å²) < 4.78 is 11.4. The molecule has 3 aromatic rings. The SMILES string of the molecule is CCCCOc1ccc(NCC(=O)Nc2ccc(OCCCc3ccccc3)cc2)cc1. The fourth-order valence-electron chi connectivity index (χ4n) is 3.14. The number of amides is 1. The summed E-state index contributed by atoms with van der Waals surface area (Å²) in [7, 11) is 0. The predicted molar refractivity (Wildman–Crippen MR) is 131 cm³/mol. The Morgan fingerprint density at radius 3 is 1.97 bits per heavy atom. The molecule has 0 heterocycles. The van der Waals surface area contributed by atoms with E-state index in [1.807, 2.05) is 54.6 Å². The maximum absolute atomic E-state index is 12.2. The molecule has 32 heavy (non-hydrogen) atoms. The normalized spacial score (nSPS) is 10.4. The Kier molecular flexibility index (Phi) is 9.46. The van der Waals surface area contributed by atoms with Gasteiger partial charge < -0.3 is 20.1 Å². The summed E-state index contributed by atoms with van der Waals surface area (Å²) in [5, 5.41) is 6.02. The molecular formula is C27H32N2O3. The zero-order valence-electron chi connectivity index (χ0n) is 18.7. The van der Waals surface area contributed by atoms with Crippen LogP contribution in [-0.4, -0.2) is 25.7 Å². The summed E-state index contributed by atoms with van der Waals surface area (Å²) in [6, 6.07) is 25.5. The van der Waals surface area contributed by atoms with Crippen LogP contribution in [-0.2, 0) is 11.2 Å². The van der Waals surface area contributed by atoms with Crippen molar-refractivity contribution in [1.82, 2.24) is 0 Å². The third kappa shape index (κ3) is 8.34. The van der Waals surface area contributed by atoms with Crippen molar-refractivity contribution in [3.63, 3.8) is 0 Å². The van der Waals surface area contributed by atoms with Crippen molar-refractivity contribution in [2.75, 3.05) is 30.4 Å². The van der Waals surface area contributed by atoms with E-state index in [-0.39, 0.29) is 12.5 Å². The summed E-state index contributed by atoms with van der Waals surface area (Å²) in [5.74, 6) is 1.54. The van der Waals surface area contributed by atoms with Crippen LogP contribution in [0.25, 0.3) is 0 Å². The number of hydrogen-bond donors (Lipinski definition) is 2. The molecule has 0 bridgehead atoms. The number of benzene rings is 3. The number of nitrogens with one attached hydrogen (secondary N) is 2. The highest BCUT2D eigenvalue weighted by Gasteiger charge is 2.04. The van der Waals surface area contributed by atoms with E-state index >= 15 is 0 Å². The van der Waals surface area contributed by atoms with Gasteiger partial charge >= 0.3 is 0 Å². The zero-order chi connectivity index (χ0) is 22.4. The van der Waals surface area contributed by atoms with Gasteiger partial charge in [-0.15, -0.1) is 0 Å². The van der Waals surface area contributed by atoms with E-state index in [4.69, 9.17) is 9.47 Å². The molecule has 0 aromatic heterocycles. The third-order valence-corrected chi connectivity index (χ3v) is 4.93. The van der Waals surface area contributed by atoms with E-state index in [9.17, 15) is 4.79 Å². The van der Waals surface area contributed by atoms with Crippen LogP contribution in [0.1, 0.15) is 31.7 Å². The van der Waals surface area contributed by atoms with Crippen LogP contribution in [0.4, 0.5) is 11.4 Å². The van der Waals surface area contributed by atoms with Gasteiger partial charge in [-0.2, -0.15) is 0 Å². The summed E-state index contributed by atoms with van der Waals surface area (Å²) >= 11 is 0. The van der Waals surface area contributed by atoms with Gasteiger partial charge in [-0.1, -0.05) is 43.7 Å². The topological polar surface area (TPSA) is 59.6 Å². The molecule has 5 nitrogen and oxygen atoms in total. The van der Waals surface area contributed by atoms with Crippen molar-refractivity contribution in [2.45, 2.75) is 32.6 Å². The summed E-state index contributed by atoms with van der Waals surface area (Å²) in [6.07, 6.45) is 4.11. The molecule has 3 aromatic carbocycles. The minimum absolute atomic E-state index is 0.107. The fourth-order valence-corrected chi connectivity index (χ4v) is 3.14. The van der Waals surface area contributed by atoms with Crippen molar-refractivity contribution in [3.05, 3.63) is 84.4 Å². The molecule has 0 aliphatic rings. The summed E-state index contributed by atoms with van der Waals surface area (Å²) in [6.45, 7) is 3.71. The highest BCUT2D eigenvalue weighted by Crippen LogP contribution is 2.17. The molecule has 0 fully saturated rings. The maximum atomic E-state index is 12.2. The van der Waals surface area contributed by atoms with Crippen LogP contribution in [0, 0.1) is 0 Å². The van der Waals surface area contributed by atoms with Gasteiger partial charge in [-0.3, -0.25) is 4.79 Å². The number of rotatable bonds is 13. The molecule has 0 saturated carbocycles. The number of carbonyl (C=O) groups excluding carboxylic acids is 1. The van der Waals surface area contributed by atoms with Crippen LogP contribution in [0.5, 0.6) is 11.5 Å². The Morgan fingerprint density at radius 2 is 1.34 bits per heavy atom. The van der Waals surface area contributed by atoms with Crippen LogP contribution in [0.2, 0.25) is 0 Å². The number of hydrogen-bond acceptors (Lipinski definition) is 4. The largest absolute Gasteiger partial charge is 0.494 e. The highest BCUT2D eigenvalue weighted by molar-refractivity contribution is 5.93. The average molecular weight is 433 g/mol. The molecule has 0 spiro atoms. The number of unbranched alkanes of at least 4 members (excludes halogenated alkanes) is 1. The molecule has 5 heteroatoms. The lowest BCUT2D eigenvalue weighted by Crippen LogP contribution is -2.21. The molecule has 0 aliphatic carbocycles. The van der Waals surface area contributed by atoms with E-state index in [1.165, 1.54) is 5.56 Å². The maximum Gasteiger partial charge on any atom is 0.243 e. The van der Waals surface area contributed by atoms with E-state index in [1.54, 1.807) is 0 Å². The van der Waals surface area contributed by atoms with Gasteiger partial charge in [0.05, 0.1) is 19.8 Å². The first-order chi connectivity index (χ1) is 15.7. The van der Waals surface area contributed by atoms with Gasteiger partial charge in [0, 0.05) is 11.4 Å². The lowest BCUT2D eigenvalue weighted by atomic mass is 10.1.